The van der Waals surface area contributed by atoms with Crippen LogP contribution in [0.4, 0.5) is 0 Å². The van der Waals surface area contributed by atoms with Crippen LogP contribution in [0, 0.1) is 6.92 Å². The van der Waals surface area contributed by atoms with Gasteiger partial charge >= 0.3 is 0 Å². The first kappa shape index (κ1) is 12.2. The van der Waals surface area contributed by atoms with Gasteiger partial charge in [0.25, 0.3) is 0 Å². The number of nitrogens with one attached hydrogen (secondary N) is 1. The first-order valence-corrected chi connectivity index (χ1v) is 5.66. The Labute approximate surface area is 92.6 Å². The molecule has 0 saturated carbocycles. The van der Waals surface area contributed by atoms with Gasteiger partial charge in [-0.25, -0.2) is 0 Å². The normalized spacial score (nSPS) is 12.7. The molecule has 0 heterocycles. The molecule has 1 N–H and O–H groups in total. The molecule has 0 radical (unpaired) electrons. The number of hydrogen-bond donors (Lipinski definition) is 1. The number of likely N-dealkylation sites (N-methyl/N-ethyl adjacent to an activating group) is 1. The van der Waals surface area contributed by atoms with E-state index in [1.807, 2.05) is 6.92 Å². The quantitative estimate of drug-likeness (QED) is 0.774. The fourth-order valence-electron chi connectivity index (χ4n) is 1.72. The van der Waals surface area contributed by atoms with Crippen molar-refractivity contribution in [3.05, 3.63) is 35.4 Å². The van der Waals surface area contributed by atoms with Gasteiger partial charge in [0, 0.05) is 6.61 Å². The molecular formula is C13H21NO. The van der Waals surface area contributed by atoms with Crippen molar-refractivity contribution in [3.63, 3.8) is 0 Å². The summed E-state index contributed by atoms with van der Waals surface area (Å²) in [5.41, 5.74) is 2.66. The van der Waals surface area contributed by atoms with Crippen molar-refractivity contribution in [2.75, 3.05) is 19.8 Å². The van der Waals surface area contributed by atoms with Gasteiger partial charge in [-0.3, -0.25) is 0 Å². The Morgan fingerprint density at radius 3 is 2.60 bits per heavy atom. The zero-order chi connectivity index (χ0) is 11.1. The van der Waals surface area contributed by atoms with Crippen molar-refractivity contribution in [1.82, 2.24) is 5.32 Å². The minimum atomic E-state index is 0.316. The van der Waals surface area contributed by atoms with Gasteiger partial charge in [0.05, 0.1) is 12.6 Å². The molecule has 1 aromatic carbocycles. The molecule has 0 bridgehead atoms. The van der Waals surface area contributed by atoms with Crippen LogP contribution in [0.15, 0.2) is 24.3 Å². The molecule has 1 atom stereocenters. The van der Waals surface area contributed by atoms with E-state index >= 15 is 0 Å². The van der Waals surface area contributed by atoms with Gasteiger partial charge in [-0.05, 0) is 31.5 Å². The van der Waals surface area contributed by atoms with Crippen LogP contribution in [0.3, 0.4) is 0 Å². The maximum atomic E-state index is 5.50. The molecule has 1 rings (SSSR count). The number of aryl methyl sites for hydroxylation is 1. The highest BCUT2D eigenvalue weighted by Crippen LogP contribution is 2.17. The van der Waals surface area contributed by atoms with Crippen molar-refractivity contribution < 1.29 is 4.74 Å². The number of benzene rings is 1. The standard InChI is InChI=1S/C13H21NO/c1-4-14-13(10-15-5-2)12-9-7-6-8-11(12)3/h6-9,13-14H,4-5,10H2,1-3H3. The average Bonchev–Trinajstić information content (AvgIpc) is 2.25. The summed E-state index contributed by atoms with van der Waals surface area (Å²) in [5, 5.41) is 3.45. The van der Waals surface area contributed by atoms with E-state index in [0.717, 1.165) is 19.8 Å². The fraction of sp³-hybridized carbons (Fsp3) is 0.538. The highest BCUT2D eigenvalue weighted by atomic mass is 16.5. The topological polar surface area (TPSA) is 21.3 Å². The Bertz CT molecular complexity index is 286. The predicted octanol–water partition coefficient (Wildman–Crippen LogP) is 2.68. The predicted molar refractivity (Wildman–Crippen MR) is 64.1 cm³/mol. The second-order valence-corrected chi connectivity index (χ2v) is 3.63. The monoisotopic (exact) mass is 207 g/mol. The fourth-order valence-corrected chi connectivity index (χ4v) is 1.72. The van der Waals surface area contributed by atoms with Gasteiger partial charge in [0.2, 0.25) is 0 Å². The van der Waals surface area contributed by atoms with Crippen LogP contribution >= 0.6 is 0 Å². The van der Waals surface area contributed by atoms with Crippen molar-refractivity contribution in [2.24, 2.45) is 0 Å². The lowest BCUT2D eigenvalue weighted by Crippen LogP contribution is -2.26. The average molecular weight is 207 g/mol. The largest absolute Gasteiger partial charge is 0.380 e. The maximum Gasteiger partial charge on any atom is 0.0661 e. The SMILES string of the molecule is CCNC(COCC)c1ccccc1C. The minimum absolute atomic E-state index is 0.316. The first-order valence-electron chi connectivity index (χ1n) is 5.66. The molecule has 15 heavy (non-hydrogen) atoms. The molecule has 0 fully saturated rings. The van der Waals surface area contributed by atoms with E-state index in [0.29, 0.717) is 6.04 Å². The molecule has 0 aliphatic carbocycles. The molecule has 2 heteroatoms. The van der Waals surface area contributed by atoms with Crippen LogP contribution in [-0.2, 0) is 4.74 Å². The summed E-state index contributed by atoms with van der Waals surface area (Å²) in [6.45, 7) is 8.78. The summed E-state index contributed by atoms with van der Waals surface area (Å²) < 4.78 is 5.50. The molecule has 1 aromatic rings. The minimum Gasteiger partial charge on any atom is -0.380 e. The highest BCUT2D eigenvalue weighted by Gasteiger charge is 2.11. The van der Waals surface area contributed by atoms with Gasteiger partial charge in [-0.1, -0.05) is 31.2 Å². The second kappa shape index (κ2) is 6.59. The van der Waals surface area contributed by atoms with E-state index in [1.165, 1.54) is 11.1 Å². The summed E-state index contributed by atoms with van der Waals surface area (Å²) in [6, 6.07) is 8.78. The third-order valence-corrected chi connectivity index (χ3v) is 2.50. The number of hydrogen-bond acceptors (Lipinski definition) is 2. The molecule has 0 aliphatic heterocycles. The second-order valence-electron chi connectivity index (χ2n) is 3.63. The van der Waals surface area contributed by atoms with Gasteiger partial charge in [-0.15, -0.1) is 0 Å². The molecule has 2 nitrogen and oxygen atoms in total. The summed E-state index contributed by atoms with van der Waals surface area (Å²) >= 11 is 0. The summed E-state index contributed by atoms with van der Waals surface area (Å²) in [4.78, 5) is 0. The first-order chi connectivity index (χ1) is 7.29. The molecule has 84 valence electrons. The smallest absolute Gasteiger partial charge is 0.0661 e. The van der Waals surface area contributed by atoms with Gasteiger partial charge in [0.15, 0.2) is 0 Å². The summed E-state index contributed by atoms with van der Waals surface area (Å²) in [6.07, 6.45) is 0. The lowest BCUT2D eigenvalue weighted by Gasteiger charge is -2.19. The van der Waals surface area contributed by atoms with Crippen molar-refractivity contribution >= 4 is 0 Å². The van der Waals surface area contributed by atoms with E-state index in [4.69, 9.17) is 4.74 Å². The maximum absolute atomic E-state index is 5.50. The van der Waals surface area contributed by atoms with Crippen molar-refractivity contribution in [3.8, 4) is 0 Å². The Balaban J connectivity index is 2.74. The molecule has 0 aromatic heterocycles. The van der Waals surface area contributed by atoms with Gasteiger partial charge in [0.1, 0.15) is 0 Å². The van der Waals surface area contributed by atoms with Crippen molar-refractivity contribution in [2.45, 2.75) is 26.8 Å². The zero-order valence-electron chi connectivity index (χ0n) is 9.92. The third kappa shape index (κ3) is 3.65. The highest BCUT2D eigenvalue weighted by molar-refractivity contribution is 5.28. The Hall–Kier alpha value is -0.860. The van der Waals surface area contributed by atoms with E-state index in [-0.39, 0.29) is 0 Å². The molecule has 0 amide bonds. The number of ether oxygens (including phenoxy) is 1. The summed E-state index contributed by atoms with van der Waals surface area (Å²) in [7, 11) is 0. The van der Waals surface area contributed by atoms with Crippen LogP contribution in [0.25, 0.3) is 0 Å². The van der Waals surface area contributed by atoms with E-state index in [2.05, 4.69) is 43.4 Å². The van der Waals surface area contributed by atoms with Crippen LogP contribution in [0.5, 0.6) is 0 Å². The van der Waals surface area contributed by atoms with Crippen LogP contribution < -0.4 is 5.32 Å². The van der Waals surface area contributed by atoms with E-state index in [9.17, 15) is 0 Å². The Morgan fingerprint density at radius 2 is 2.00 bits per heavy atom. The van der Waals surface area contributed by atoms with E-state index in [1.54, 1.807) is 0 Å². The third-order valence-electron chi connectivity index (χ3n) is 2.50. The van der Waals surface area contributed by atoms with E-state index < -0.39 is 0 Å². The van der Waals surface area contributed by atoms with Gasteiger partial charge in [-0.2, -0.15) is 0 Å². The summed E-state index contributed by atoms with van der Waals surface area (Å²) in [5.74, 6) is 0. The molecule has 0 spiro atoms. The van der Waals surface area contributed by atoms with Crippen LogP contribution in [0.2, 0.25) is 0 Å². The van der Waals surface area contributed by atoms with Crippen LogP contribution in [0.1, 0.15) is 31.0 Å². The lowest BCUT2D eigenvalue weighted by atomic mass is 10.0. The Morgan fingerprint density at radius 1 is 1.27 bits per heavy atom. The molecule has 0 saturated heterocycles. The lowest BCUT2D eigenvalue weighted by molar-refractivity contribution is 0.123. The molecular weight excluding hydrogens is 186 g/mol. The van der Waals surface area contributed by atoms with Crippen LogP contribution in [-0.4, -0.2) is 19.8 Å². The molecule has 1 unspecified atom stereocenters. The zero-order valence-corrected chi connectivity index (χ0v) is 9.92. The Kier molecular flexibility index (Phi) is 5.37. The van der Waals surface area contributed by atoms with Gasteiger partial charge < -0.3 is 10.1 Å². The van der Waals surface area contributed by atoms with Crippen molar-refractivity contribution in [1.29, 1.82) is 0 Å². The molecule has 0 aliphatic rings. The number of rotatable bonds is 6.